The van der Waals surface area contributed by atoms with E-state index < -0.39 is 10.9 Å². The Morgan fingerprint density at radius 2 is 1.56 bits per heavy atom. The van der Waals surface area contributed by atoms with Crippen LogP contribution in [-0.4, -0.2) is 36.2 Å². The molecule has 0 N–H and O–H groups in total. The van der Waals surface area contributed by atoms with Gasteiger partial charge < -0.3 is 9.47 Å². The molecule has 0 fully saturated rings. The summed E-state index contributed by atoms with van der Waals surface area (Å²) < 4.78 is 9.82. The van der Waals surface area contributed by atoms with Gasteiger partial charge in [0.25, 0.3) is 5.69 Å². The number of carbonyl (C=O) groups excluding carboxylic acids is 3. The summed E-state index contributed by atoms with van der Waals surface area (Å²) in [5, 5.41) is 10.6. The first-order chi connectivity index (χ1) is 12.9. The molecule has 0 aliphatic rings. The summed E-state index contributed by atoms with van der Waals surface area (Å²) in [5.74, 6) is -1.28. The Kier molecular flexibility index (Phi) is 6.90. The maximum atomic E-state index is 12.1. The molecule has 2 aromatic carbocycles. The molecule has 0 aliphatic carbocycles. The van der Waals surface area contributed by atoms with E-state index in [2.05, 4.69) is 4.74 Å². The molecule has 2 rings (SSSR count). The average Bonchev–Trinajstić information content (AvgIpc) is 2.67. The maximum absolute atomic E-state index is 12.1. The van der Waals surface area contributed by atoms with Crippen LogP contribution in [0.1, 0.15) is 32.7 Å². The number of hydrogen-bond acceptors (Lipinski definition) is 7. The minimum atomic E-state index is -0.510. The Bertz CT molecular complexity index is 841. The first kappa shape index (κ1) is 19.9. The fraction of sp³-hybridized carbons (Fsp3) is 0.211. The van der Waals surface area contributed by atoms with Crippen molar-refractivity contribution >= 4 is 23.2 Å². The Morgan fingerprint density at radius 3 is 2.11 bits per heavy atom. The van der Waals surface area contributed by atoms with E-state index in [1.54, 1.807) is 0 Å². The van der Waals surface area contributed by atoms with Gasteiger partial charge in [0.2, 0.25) is 0 Å². The van der Waals surface area contributed by atoms with E-state index in [-0.39, 0.29) is 36.9 Å². The molecule has 0 spiro atoms. The van der Waals surface area contributed by atoms with E-state index >= 15 is 0 Å². The smallest absolute Gasteiger partial charge is 0.337 e. The molecule has 0 amide bonds. The number of esters is 1. The van der Waals surface area contributed by atoms with Crippen LogP contribution in [0.25, 0.3) is 0 Å². The fourth-order valence-corrected chi connectivity index (χ4v) is 2.24. The lowest BCUT2D eigenvalue weighted by atomic mass is 10.0. The number of non-ortho nitro benzene ring substituents is 1. The van der Waals surface area contributed by atoms with E-state index in [1.165, 1.54) is 55.6 Å². The molecule has 0 bridgehead atoms. The maximum Gasteiger partial charge on any atom is 0.337 e. The Balaban J connectivity index is 1.80. The number of hydrogen-bond donors (Lipinski definition) is 0. The first-order valence-electron chi connectivity index (χ1n) is 7.95. The zero-order valence-corrected chi connectivity index (χ0v) is 14.5. The van der Waals surface area contributed by atoms with E-state index in [9.17, 15) is 24.5 Å². The summed E-state index contributed by atoms with van der Waals surface area (Å²) in [6, 6.07) is 11.6. The number of rotatable bonds is 9. The molecule has 0 saturated carbocycles. The van der Waals surface area contributed by atoms with Crippen LogP contribution >= 0.6 is 0 Å². The minimum Gasteiger partial charge on any atom is -0.465 e. The zero-order chi connectivity index (χ0) is 19.8. The Labute approximate surface area is 154 Å². The Morgan fingerprint density at radius 1 is 0.963 bits per heavy atom. The zero-order valence-electron chi connectivity index (χ0n) is 14.5. The van der Waals surface area contributed by atoms with Crippen molar-refractivity contribution in [2.24, 2.45) is 0 Å². The predicted octanol–water partition coefficient (Wildman–Crippen LogP) is 2.74. The standard InChI is InChI=1S/C19H17NO7/c1-26-19(23)15-6-4-14(5-7-15)18(22)10-17(21)12-27-11-13-2-8-16(9-3-13)20(24)25/h2-9H,10-12H2,1H3. The number of nitro benzene ring substituents is 1. The number of ether oxygens (including phenoxy) is 2. The van der Waals surface area contributed by atoms with Gasteiger partial charge in [-0.3, -0.25) is 19.7 Å². The van der Waals surface area contributed by atoms with E-state index in [1.807, 2.05) is 0 Å². The van der Waals surface area contributed by atoms with Crippen molar-refractivity contribution in [3.63, 3.8) is 0 Å². The summed E-state index contributed by atoms with van der Waals surface area (Å²) in [4.78, 5) is 45.4. The van der Waals surface area contributed by atoms with Crippen LogP contribution < -0.4 is 0 Å². The number of nitrogens with zero attached hydrogens (tertiary/aromatic N) is 1. The van der Waals surface area contributed by atoms with Crippen LogP contribution in [0.4, 0.5) is 5.69 Å². The van der Waals surface area contributed by atoms with Crippen LogP contribution in [0.3, 0.4) is 0 Å². The summed E-state index contributed by atoms with van der Waals surface area (Å²) in [5.41, 5.74) is 1.27. The van der Waals surface area contributed by atoms with Gasteiger partial charge in [-0.2, -0.15) is 0 Å². The molecule has 8 nitrogen and oxygen atoms in total. The number of ketones is 2. The largest absolute Gasteiger partial charge is 0.465 e. The molecule has 0 unspecified atom stereocenters. The van der Waals surface area contributed by atoms with Gasteiger partial charge in [0.15, 0.2) is 11.6 Å². The number of nitro groups is 1. The molecule has 0 saturated heterocycles. The number of methoxy groups -OCH3 is 1. The molecule has 0 aromatic heterocycles. The SMILES string of the molecule is COC(=O)c1ccc(C(=O)CC(=O)COCc2ccc([N+](=O)[O-])cc2)cc1. The van der Waals surface area contributed by atoms with E-state index in [0.717, 1.165) is 0 Å². The molecule has 0 radical (unpaired) electrons. The van der Waals surface area contributed by atoms with Gasteiger partial charge in [0.1, 0.15) is 6.61 Å². The second kappa shape index (κ2) is 9.35. The highest BCUT2D eigenvalue weighted by molar-refractivity contribution is 6.08. The summed E-state index contributed by atoms with van der Waals surface area (Å²) in [6.07, 6.45) is -0.322. The highest BCUT2D eigenvalue weighted by Crippen LogP contribution is 2.13. The highest BCUT2D eigenvalue weighted by Gasteiger charge is 2.13. The van der Waals surface area contributed by atoms with Gasteiger partial charge in [-0.15, -0.1) is 0 Å². The van der Waals surface area contributed by atoms with E-state index in [0.29, 0.717) is 16.7 Å². The van der Waals surface area contributed by atoms with Gasteiger partial charge in [0, 0.05) is 17.7 Å². The van der Waals surface area contributed by atoms with Gasteiger partial charge in [0.05, 0.1) is 30.6 Å². The van der Waals surface area contributed by atoms with Crippen LogP contribution in [0, 0.1) is 10.1 Å². The molecule has 2 aromatic rings. The second-order valence-electron chi connectivity index (χ2n) is 5.62. The normalized spacial score (nSPS) is 10.3. The lowest BCUT2D eigenvalue weighted by Gasteiger charge is -2.05. The van der Waals surface area contributed by atoms with Crippen molar-refractivity contribution < 1.29 is 28.8 Å². The van der Waals surface area contributed by atoms with Crippen LogP contribution in [0.5, 0.6) is 0 Å². The van der Waals surface area contributed by atoms with Crippen molar-refractivity contribution in [2.45, 2.75) is 13.0 Å². The van der Waals surface area contributed by atoms with Crippen molar-refractivity contribution in [2.75, 3.05) is 13.7 Å². The predicted molar refractivity (Wildman–Crippen MR) is 94.5 cm³/mol. The molecule has 0 heterocycles. The second-order valence-corrected chi connectivity index (χ2v) is 5.62. The number of carbonyl (C=O) groups is 3. The van der Waals surface area contributed by atoms with Gasteiger partial charge in [-0.25, -0.2) is 4.79 Å². The van der Waals surface area contributed by atoms with E-state index in [4.69, 9.17) is 4.74 Å². The minimum absolute atomic E-state index is 0.0290. The Hall–Kier alpha value is -3.39. The molecule has 140 valence electrons. The van der Waals surface area contributed by atoms with Crippen molar-refractivity contribution in [1.82, 2.24) is 0 Å². The monoisotopic (exact) mass is 371 g/mol. The third-order valence-corrected chi connectivity index (χ3v) is 3.66. The van der Waals surface area contributed by atoms with Crippen LogP contribution in [0.15, 0.2) is 48.5 Å². The molecule has 27 heavy (non-hydrogen) atoms. The van der Waals surface area contributed by atoms with Gasteiger partial charge in [-0.05, 0) is 29.8 Å². The summed E-state index contributed by atoms with van der Waals surface area (Å²) in [6.45, 7) is -0.144. The van der Waals surface area contributed by atoms with Crippen molar-refractivity contribution in [1.29, 1.82) is 0 Å². The first-order valence-corrected chi connectivity index (χ1v) is 7.95. The van der Waals surface area contributed by atoms with Crippen LogP contribution in [-0.2, 0) is 20.9 Å². The molecular formula is C19H17NO7. The van der Waals surface area contributed by atoms with Crippen LogP contribution in [0.2, 0.25) is 0 Å². The topological polar surface area (TPSA) is 113 Å². The third kappa shape index (κ3) is 5.82. The van der Waals surface area contributed by atoms with Gasteiger partial charge in [-0.1, -0.05) is 12.1 Å². The lowest BCUT2D eigenvalue weighted by molar-refractivity contribution is -0.384. The molecule has 8 heteroatoms. The third-order valence-electron chi connectivity index (χ3n) is 3.66. The van der Waals surface area contributed by atoms with Crippen molar-refractivity contribution in [3.8, 4) is 0 Å². The number of Topliss-reactive ketones (excluding diaryl/α,β-unsaturated/α-hetero) is 2. The quantitative estimate of drug-likeness (QED) is 0.219. The lowest BCUT2D eigenvalue weighted by Crippen LogP contribution is -2.14. The highest BCUT2D eigenvalue weighted by atomic mass is 16.6. The number of benzene rings is 2. The average molecular weight is 371 g/mol. The molecule has 0 atom stereocenters. The molecule has 0 aliphatic heterocycles. The van der Waals surface area contributed by atoms with Gasteiger partial charge >= 0.3 is 5.97 Å². The fourth-order valence-electron chi connectivity index (χ4n) is 2.24. The van der Waals surface area contributed by atoms with Crippen molar-refractivity contribution in [3.05, 3.63) is 75.3 Å². The summed E-state index contributed by atoms with van der Waals surface area (Å²) in [7, 11) is 1.26. The molecular weight excluding hydrogens is 354 g/mol. The summed E-state index contributed by atoms with van der Waals surface area (Å²) >= 11 is 0.